The number of ether oxygens (including phenoxy) is 1. The highest BCUT2D eigenvalue weighted by Gasteiger charge is 2.13. The molecule has 16 heavy (non-hydrogen) atoms. The number of allylic oxidation sites excluding steroid dienone is 1. The van der Waals surface area contributed by atoms with Crippen LogP contribution in [0.25, 0.3) is 0 Å². The van der Waals surface area contributed by atoms with Crippen LogP contribution in [0.2, 0.25) is 0 Å². The molecule has 0 aliphatic heterocycles. The minimum Gasteiger partial charge on any atom is -0.489 e. The Kier molecular flexibility index (Phi) is 4.52. The van der Waals surface area contributed by atoms with Gasteiger partial charge in [-0.1, -0.05) is 5.57 Å². The zero-order chi connectivity index (χ0) is 12.1. The van der Waals surface area contributed by atoms with Crippen molar-refractivity contribution in [1.29, 1.82) is 0 Å². The molecule has 0 bridgehead atoms. The van der Waals surface area contributed by atoms with E-state index in [9.17, 15) is 4.39 Å². The Hall–Kier alpha value is -1.33. The Bertz CT molecular complexity index is 387. The van der Waals surface area contributed by atoms with E-state index in [2.05, 4.69) is 0 Å². The van der Waals surface area contributed by atoms with E-state index in [0.29, 0.717) is 6.61 Å². The van der Waals surface area contributed by atoms with E-state index in [0.717, 1.165) is 11.6 Å². The maximum Gasteiger partial charge on any atom is 0.488 e. The molecule has 0 amide bonds. The van der Waals surface area contributed by atoms with Gasteiger partial charge in [0.15, 0.2) is 0 Å². The first kappa shape index (κ1) is 12.7. The van der Waals surface area contributed by atoms with Gasteiger partial charge >= 0.3 is 7.12 Å². The maximum atomic E-state index is 13.1. The molecule has 0 saturated heterocycles. The van der Waals surface area contributed by atoms with E-state index in [-0.39, 0.29) is 11.2 Å². The summed E-state index contributed by atoms with van der Waals surface area (Å²) in [4.78, 5) is 0. The highest BCUT2D eigenvalue weighted by atomic mass is 19.1. The first-order valence-corrected chi connectivity index (χ1v) is 4.92. The van der Waals surface area contributed by atoms with Crippen LogP contribution in [0.15, 0.2) is 29.8 Å². The minimum atomic E-state index is -1.69. The summed E-state index contributed by atoms with van der Waals surface area (Å²) in [7, 11) is -1.69. The second-order valence-corrected chi connectivity index (χ2v) is 3.69. The number of rotatable bonds is 4. The summed E-state index contributed by atoms with van der Waals surface area (Å²) in [6.07, 6.45) is 1.85. The van der Waals surface area contributed by atoms with Gasteiger partial charge in [-0.2, -0.15) is 0 Å². The van der Waals surface area contributed by atoms with Crippen molar-refractivity contribution in [3.05, 3.63) is 35.7 Å². The lowest BCUT2D eigenvalue weighted by molar-refractivity contribution is 0.359. The lowest BCUT2D eigenvalue weighted by atomic mass is 9.80. The molecule has 0 atom stereocenters. The second-order valence-electron chi connectivity index (χ2n) is 3.69. The minimum absolute atomic E-state index is 0.0761. The van der Waals surface area contributed by atoms with E-state index in [1.54, 1.807) is 0 Å². The highest BCUT2D eigenvalue weighted by molar-refractivity contribution is 6.58. The highest BCUT2D eigenvalue weighted by Crippen LogP contribution is 2.11. The summed E-state index contributed by atoms with van der Waals surface area (Å²) in [5.41, 5.74) is 1.17. The van der Waals surface area contributed by atoms with Crippen molar-refractivity contribution in [1.82, 2.24) is 0 Å². The van der Waals surface area contributed by atoms with Crippen LogP contribution in [0, 0.1) is 5.82 Å². The molecule has 0 unspecified atom stereocenters. The van der Waals surface area contributed by atoms with E-state index in [1.807, 2.05) is 19.9 Å². The lowest BCUT2D eigenvalue weighted by Gasteiger charge is -2.06. The van der Waals surface area contributed by atoms with E-state index in [4.69, 9.17) is 14.8 Å². The molecule has 0 spiro atoms. The number of hydrogen-bond donors (Lipinski definition) is 2. The van der Waals surface area contributed by atoms with Gasteiger partial charge in [0.1, 0.15) is 18.2 Å². The topological polar surface area (TPSA) is 49.7 Å². The molecule has 0 aromatic heterocycles. The van der Waals surface area contributed by atoms with Gasteiger partial charge in [-0.3, -0.25) is 0 Å². The van der Waals surface area contributed by atoms with Crippen LogP contribution in [0.5, 0.6) is 5.75 Å². The van der Waals surface area contributed by atoms with Crippen LogP contribution >= 0.6 is 0 Å². The molecule has 1 aromatic rings. The fourth-order valence-electron chi connectivity index (χ4n) is 1.12. The molecule has 3 nitrogen and oxygen atoms in total. The lowest BCUT2D eigenvalue weighted by Crippen LogP contribution is -2.30. The fraction of sp³-hybridized carbons (Fsp3) is 0.273. The summed E-state index contributed by atoms with van der Waals surface area (Å²) in [6, 6.07) is 3.65. The van der Waals surface area contributed by atoms with Crippen molar-refractivity contribution in [3.8, 4) is 5.75 Å². The number of halogens is 1. The van der Waals surface area contributed by atoms with Crippen molar-refractivity contribution < 1.29 is 19.2 Å². The molecule has 0 saturated carbocycles. The quantitative estimate of drug-likeness (QED) is 0.588. The van der Waals surface area contributed by atoms with Crippen molar-refractivity contribution in [3.63, 3.8) is 0 Å². The normalized spacial score (nSPS) is 9.81. The predicted molar refractivity (Wildman–Crippen MR) is 61.2 cm³/mol. The first-order valence-electron chi connectivity index (χ1n) is 4.92. The largest absolute Gasteiger partial charge is 0.489 e. The van der Waals surface area contributed by atoms with Crippen molar-refractivity contribution in [2.75, 3.05) is 6.61 Å². The average Bonchev–Trinajstić information content (AvgIpc) is 2.16. The molecule has 1 aromatic carbocycles. The third-order valence-electron chi connectivity index (χ3n) is 1.93. The summed E-state index contributed by atoms with van der Waals surface area (Å²) in [5, 5.41) is 17.8. The number of hydrogen-bond acceptors (Lipinski definition) is 3. The van der Waals surface area contributed by atoms with Gasteiger partial charge in [-0.15, -0.1) is 0 Å². The molecule has 0 heterocycles. The van der Waals surface area contributed by atoms with Crippen LogP contribution in [0.4, 0.5) is 4.39 Å². The molecular weight excluding hydrogens is 210 g/mol. The van der Waals surface area contributed by atoms with E-state index in [1.165, 1.54) is 12.1 Å². The van der Waals surface area contributed by atoms with Crippen molar-refractivity contribution >= 4 is 12.6 Å². The molecule has 86 valence electrons. The molecular formula is C11H14BFO3. The summed E-state index contributed by atoms with van der Waals surface area (Å²) >= 11 is 0. The maximum absolute atomic E-state index is 13.1. The molecule has 0 radical (unpaired) electrons. The summed E-state index contributed by atoms with van der Waals surface area (Å²) < 4.78 is 18.3. The molecule has 1 rings (SSSR count). The van der Waals surface area contributed by atoms with E-state index >= 15 is 0 Å². The van der Waals surface area contributed by atoms with Crippen LogP contribution in [-0.4, -0.2) is 23.8 Å². The number of benzene rings is 1. The SMILES string of the molecule is CC(C)=CCOc1cc(F)cc(B(O)O)c1. The standard InChI is InChI=1S/C11H14BFO3/c1-8(2)3-4-16-11-6-9(12(14)15)5-10(13)7-11/h3,5-7,14-15H,4H2,1-2H3. The molecule has 2 N–H and O–H groups in total. The fourth-order valence-corrected chi connectivity index (χ4v) is 1.12. The van der Waals surface area contributed by atoms with Gasteiger partial charge < -0.3 is 14.8 Å². The van der Waals surface area contributed by atoms with Crippen molar-refractivity contribution in [2.45, 2.75) is 13.8 Å². The third-order valence-corrected chi connectivity index (χ3v) is 1.93. The Morgan fingerprint density at radius 2 is 2.06 bits per heavy atom. The van der Waals surface area contributed by atoms with E-state index < -0.39 is 12.9 Å². The third kappa shape index (κ3) is 4.04. The summed E-state index contributed by atoms with van der Waals surface area (Å²) in [5.74, 6) is -0.279. The molecule has 0 fully saturated rings. The van der Waals surface area contributed by atoms with Gasteiger partial charge in [0.05, 0.1) is 0 Å². The zero-order valence-corrected chi connectivity index (χ0v) is 9.27. The Labute approximate surface area is 94.3 Å². The Balaban J connectivity index is 2.76. The predicted octanol–water partition coefficient (Wildman–Crippen LogP) is 0.850. The monoisotopic (exact) mass is 224 g/mol. The van der Waals surface area contributed by atoms with Crippen LogP contribution in [-0.2, 0) is 0 Å². The first-order chi connectivity index (χ1) is 7.49. The molecule has 0 aliphatic rings. The van der Waals surface area contributed by atoms with Gasteiger partial charge in [0, 0.05) is 6.07 Å². The Morgan fingerprint density at radius 1 is 1.38 bits per heavy atom. The van der Waals surface area contributed by atoms with Gasteiger partial charge in [-0.25, -0.2) is 4.39 Å². The van der Waals surface area contributed by atoms with Crippen LogP contribution < -0.4 is 10.2 Å². The van der Waals surface area contributed by atoms with Gasteiger partial charge in [0.25, 0.3) is 0 Å². The van der Waals surface area contributed by atoms with Crippen molar-refractivity contribution in [2.24, 2.45) is 0 Å². The zero-order valence-electron chi connectivity index (χ0n) is 9.27. The van der Waals surface area contributed by atoms with Crippen LogP contribution in [0.1, 0.15) is 13.8 Å². The molecule has 5 heteroatoms. The molecule has 0 aliphatic carbocycles. The average molecular weight is 224 g/mol. The summed E-state index contributed by atoms with van der Waals surface area (Å²) in [6.45, 7) is 4.18. The van der Waals surface area contributed by atoms with Gasteiger partial charge in [0.2, 0.25) is 0 Å². The Morgan fingerprint density at radius 3 is 2.62 bits per heavy atom. The van der Waals surface area contributed by atoms with Gasteiger partial charge in [-0.05, 0) is 37.5 Å². The van der Waals surface area contributed by atoms with Crippen LogP contribution in [0.3, 0.4) is 0 Å². The smallest absolute Gasteiger partial charge is 0.488 e. The second kappa shape index (κ2) is 5.68.